The third-order valence-corrected chi connectivity index (χ3v) is 18.5. The van der Waals surface area contributed by atoms with Gasteiger partial charge in [-0.3, -0.25) is 18.2 Å². The van der Waals surface area contributed by atoms with Crippen LogP contribution in [0.2, 0.25) is 0 Å². The van der Waals surface area contributed by atoms with Gasteiger partial charge in [0, 0.05) is 13.1 Å². The van der Waals surface area contributed by atoms with Crippen LogP contribution in [0.5, 0.6) is 0 Å². The van der Waals surface area contributed by atoms with Crippen LogP contribution in [0, 0.1) is 0 Å². The van der Waals surface area contributed by atoms with Crippen molar-refractivity contribution < 1.29 is 132 Å². The van der Waals surface area contributed by atoms with Gasteiger partial charge in [-0.1, -0.05) is 25.7 Å². The number of unbranched alkanes of at least 4 members (excludes halogenated alkanes) is 6. The quantitative estimate of drug-likeness (QED) is 0.0226. The molecule has 2 aliphatic rings. The molecule has 6 heterocycles. The molecule has 464 valence electrons. The van der Waals surface area contributed by atoms with Crippen molar-refractivity contribution in [3.63, 3.8) is 0 Å². The van der Waals surface area contributed by atoms with Crippen molar-refractivity contribution in [1.82, 2.24) is 49.7 Å². The number of ether oxygens (including phenoxy) is 4. The summed E-state index contributed by atoms with van der Waals surface area (Å²) in [5.74, 6) is 0.0328. The average Bonchev–Trinajstić information content (AvgIpc) is 4.18. The lowest BCUT2D eigenvalue weighted by atomic mass is 10.1. The third-order valence-electron chi connectivity index (χ3n) is 10.9. The first kappa shape index (κ1) is 68.6. The smallest absolute Gasteiger partial charge is 0.440 e. The molecule has 42 nitrogen and oxygen atoms in total. The summed E-state index contributed by atoms with van der Waals surface area (Å²) in [6, 6.07) is 0. The molecule has 2 saturated heterocycles. The van der Waals surface area contributed by atoms with E-state index in [0.717, 1.165) is 51.2 Å². The summed E-state index contributed by atoms with van der Waals surface area (Å²) in [4.78, 5) is 122. The Hall–Kier alpha value is -4.18. The highest BCUT2D eigenvalue weighted by molar-refractivity contribution is 7.67. The minimum Gasteiger partial charge on any atom is -0.440 e. The summed E-state index contributed by atoms with van der Waals surface area (Å²) in [7, 11) is -33.9. The van der Waals surface area contributed by atoms with Crippen molar-refractivity contribution in [3.8, 4) is 0 Å². The number of alkyl carbamates (subject to hydrolysis) is 2. The Bertz CT molecular complexity index is 3080. The molecule has 12 atom stereocenters. The zero-order valence-corrected chi connectivity index (χ0v) is 47.6. The Morgan fingerprint density at radius 1 is 0.524 bits per heavy atom. The van der Waals surface area contributed by atoms with E-state index in [1.807, 2.05) is 0 Å². The standard InChI is InChI=1S/2C17H30N7O14P3/c18-5-3-1-2-4-6-20-17(26)36-13-10(7-34-40(30,31)38-41(32,33)37-39(27,28)29)35-16(12(13)25)24-9-23-11-14(19)21-8-22-15(11)24;18-5-3-1-2-4-6-20-17(26)36-13-12(25)10(7-34-40(30,31)38-41(32,33)37-39(27,28)29)35-16(13)24-9-23-11-14(19)21-8-22-15(11)24/h2*8-10,12-13,16,25H,1-7,18H2,(H,20,26)(H,30,31)(H,32,33)(H2,19,21,22)(H2,27,28,29)/t2*10-,12-,13-,16-/m11/s1. The summed E-state index contributed by atoms with van der Waals surface area (Å²) >= 11 is 0. The van der Waals surface area contributed by atoms with Crippen LogP contribution in [-0.4, -0.2) is 177 Å². The second-order valence-corrected chi connectivity index (χ2v) is 25.9. The summed E-state index contributed by atoms with van der Waals surface area (Å²) in [5, 5.41) is 26.9. The molecule has 4 aromatic rings. The molecule has 0 radical (unpaired) electrons. The molecule has 2 fully saturated rings. The molecule has 82 heavy (non-hydrogen) atoms. The zero-order valence-electron chi connectivity index (χ0n) is 42.2. The van der Waals surface area contributed by atoms with Crippen molar-refractivity contribution in [2.75, 3.05) is 50.9 Å². The lowest BCUT2D eigenvalue weighted by molar-refractivity contribution is -0.0522. The Balaban J connectivity index is 0.000000301. The summed E-state index contributed by atoms with van der Waals surface area (Å²) in [6.45, 7) is -0.427. The largest absolute Gasteiger partial charge is 0.490 e. The van der Waals surface area contributed by atoms with E-state index in [4.69, 9.17) is 61.5 Å². The maximum atomic E-state index is 12.5. The van der Waals surface area contributed by atoms with E-state index in [0.29, 0.717) is 25.9 Å². The maximum Gasteiger partial charge on any atom is 0.490 e. The zero-order chi connectivity index (χ0) is 60.8. The SMILES string of the molecule is NCCCCCCNC(=O)O[C@@H]1[C@H](O)[C@@H](COP(=O)(O)OP(=O)(O)OP(=O)(O)O)O[C@H]1n1cnc2c(N)ncnc21.NCCCCCCNC(=O)O[C@H]1[C@@H](O)[C@H](n2cnc3c(N)ncnc32)O[C@@H]1COP(=O)(O)OP(=O)(O)OP(=O)(O)O. The Labute approximate surface area is 461 Å². The molecule has 0 aliphatic carbocycles. The van der Waals surface area contributed by atoms with Gasteiger partial charge in [0.2, 0.25) is 0 Å². The van der Waals surface area contributed by atoms with Gasteiger partial charge in [-0.25, -0.2) is 66.9 Å². The number of fused-ring (bicyclic) bond motifs is 2. The van der Waals surface area contributed by atoms with Crippen LogP contribution in [0.4, 0.5) is 21.2 Å². The first-order chi connectivity index (χ1) is 38.2. The number of hydrogen-bond acceptors (Lipinski definition) is 30. The Kier molecular flexibility index (Phi) is 24.9. The number of nitrogens with one attached hydrogen (secondary N) is 2. The number of carbonyl (C=O) groups excluding carboxylic acids is 2. The number of aliphatic hydroxyl groups excluding tert-OH is 2. The van der Waals surface area contributed by atoms with Crippen LogP contribution >= 0.6 is 46.9 Å². The number of phosphoric ester groups is 2. The number of nitrogen functional groups attached to an aromatic ring is 2. The van der Waals surface area contributed by atoms with E-state index < -0.39 is 121 Å². The maximum absolute atomic E-state index is 12.5. The topological polar surface area (TPSA) is 646 Å². The number of amides is 2. The molecule has 4 aromatic heterocycles. The summed E-state index contributed by atoms with van der Waals surface area (Å²) in [6.07, 6.45) is -3.13. The predicted molar refractivity (Wildman–Crippen MR) is 271 cm³/mol. The normalized spacial score (nSPS) is 24.1. The fourth-order valence-corrected chi connectivity index (χ4v) is 13.5. The van der Waals surface area contributed by atoms with Crippen LogP contribution in [0.25, 0.3) is 22.3 Å². The Morgan fingerprint density at radius 2 is 0.927 bits per heavy atom. The highest BCUT2D eigenvalue weighted by Gasteiger charge is 2.51. The van der Waals surface area contributed by atoms with E-state index in [1.54, 1.807) is 0 Å². The predicted octanol–water partition coefficient (Wildman–Crippen LogP) is -0.752. The molecule has 0 bridgehead atoms. The van der Waals surface area contributed by atoms with Gasteiger partial charge in [-0.15, -0.1) is 0 Å². The number of nitrogens with zero attached hydrogens (tertiary/aromatic N) is 8. The average molecular weight is 1300 g/mol. The van der Waals surface area contributed by atoms with E-state index in [9.17, 15) is 66.8 Å². The number of nitrogens with two attached hydrogens (primary N) is 4. The molecular formula is C34H60N14O28P6. The number of rotatable bonds is 30. The number of anilines is 2. The number of aliphatic hydroxyl groups is 2. The molecule has 0 spiro atoms. The van der Waals surface area contributed by atoms with Gasteiger partial charge in [-0.05, 0) is 38.8 Å². The van der Waals surface area contributed by atoms with Crippen molar-refractivity contribution >= 4 is 93.1 Å². The van der Waals surface area contributed by atoms with Gasteiger partial charge in [0.05, 0.1) is 25.9 Å². The van der Waals surface area contributed by atoms with Crippen molar-refractivity contribution in [2.24, 2.45) is 11.5 Å². The van der Waals surface area contributed by atoms with Crippen LogP contribution in [0.3, 0.4) is 0 Å². The molecule has 4 unspecified atom stereocenters. The minimum atomic E-state index is -5.79. The van der Waals surface area contributed by atoms with Gasteiger partial charge < -0.3 is 102 Å². The van der Waals surface area contributed by atoms with Gasteiger partial charge >= 0.3 is 59.1 Å². The third kappa shape index (κ3) is 21.1. The highest BCUT2D eigenvalue weighted by atomic mass is 31.3. The molecule has 20 N–H and O–H groups in total. The molecule has 48 heteroatoms. The first-order valence-electron chi connectivity index (χ1n) is 23.6. The van der Waals surface area contributed by atoms with Gasteiger partial charge in [0.1, 0.15) is 48.1 Å². The second kappa shape index (κ2) is 29.8. The lowest BCUT2D eigenvalue weighted by Gasteiger charge is -2.22. The van der Waals surface area contributed by atoms with Gasteiger partial charge in [0.15, 0.2) is 47.6 Å². The molecule has 2 aliphatic heterocycles. The number of carbonyl (C=O) groups is 2. The number of aromatic nitrogens is 8. The molecule has 0 saturated carbocycles. The number of phosphoric acid groups is 6. The molecule has 0 aromatic carbocycles. The molecule has 2 amide bonds. The highest BCUT2D eigenvalue weighted by Crippen LogP contribution is 2.67. The van der Waals surface area contributed by atoms with Crippen molar-refractivity contribution in [2.45, 2.75) is 100 Å². The number of imidazole rings is 2. The fourth-order valence-electron chi connectivity index (χ4n) is 7.45. The lowest BCUT2D eigenvalue weighted by Crippen LogP contribution is -2.41. The van der Waals surface area contributed by atoms with E-state index in [2.05, 4.69) is 66.8 Å². The van der Waals surface area contributed by atoms with Crippen LogP contribution in [0.15, 0.2) is 25.3 Å². The van der Waals surface area contributed by atoms with Crippen LogP contribution < -0.4 is 33.6 Å². The first-order valence-corrected chi connectivity index (χ1v) is 32.7. The number of hydrogen-bond donors (Lipinski definition) is 16. The van der Waals surface area contributed by atoms with E-state index in [-0.39, 0.29) is 47.1 Å². The molecule has 6 rings (SSSR count). The second-order valence-electron chi connectivity index (χ2n) is 17.0. The molecular weight excluding hydrogens is 1240 g/mol. The van der Waals surface area contributed by atoms with Crippen LogP contribution in [-0.2, 0) is 72.6 Å². The summed E-state index contributed by atoms with van der Waals surface area (Å²) < 4.78 is 118. The Morgan fingerprint density at radius 3 is 1.37 bits per heavy atom. The van der Waals surface area contributed by atoms with Crippen molar-refractivity contribution in [3.05, 3.63) is 25.3 Å². The monoisotopic (exact) mass is 1300 g/mol. The van der Waals surface area contributed by atoms with Crippen molar-refractivity contribution in [1.29, 1.82) is 0 Å². The van der Waals surface area contributed by atoms with E-state index in [1.165, 1.54) is 21.8 Å². The fraction of sp³-hybridized carbons (Fsp3) is 0.647. The summed E-state index contributed by atoms with van der Waals surface area (Å²) in [5.41, 5.74) is 23.0. The van der Waals surface area contributed by atoms with Crippen LogP contribution in [0.1, 0.15) is 63.8 Å². The van der Waals surface area contributed by atoms with Gasteiger partial charge in [-0.2, -0.15) is 17.2 Å². The minimum absolute atomic E-state index is 0.0151. The van der Waals surface area contributed by atoms with E-state index >= 15 is 0 Å². The van der Waals surface area contributed by atoms with Gasteiger partial charge in [0.25, 0.3) is 0 Å².